The molecule has 12 heteroatoms. The molecule has 0 bridgehead atoms. The predicted molar refractivity (Wildman–Crippen MR) is 147 cm³/mol. The number of hydrogen-bond acceptors (Lipinski definition) is 7. The fourth-order valence-corrected chi connectivity index (χ4v) is 7.01. The monoisotopic (exact) mass is 568 g/mol. The maximum atomic E-state index is 16.3. The highest BCUT2D eigenvalue weighted by Gasteiger charge is 2.41. The summed E-state index contributed by atoms with van der Waals surface area (Å²) in [4.78, 5) is 16.6. The van der Waals surface area contributed by atoms with E-state index >= 15 is 4.39 Å². The van der Waals surface area contributed by atoms with Gasteiger partial charge in [-0.15, -0.1) is 0 Å². The Labute approximate surface area is 233 Å². The van der Waals surface area contributed by atoms with Crippen molar-refractivity contribution in [3.8, 4) is 5.75 Å². The second-order valence-electron chi connectivity index (χ2n) is 10.8. The summed E-state index contributed by atoms with van der Waals surface area (Å²) < 4.78 is 52.4. The Hall–Kier alpha value is -3.48. The molecule has 1 amide bonds. The van der Waals surface area contributed by atoms with Crippen LogP contribution >= 0.6 is 0 Å². The van der Waals surface area contributed by atoms with E-state index < -0.39 is 28.5 Å². The van der Waals surface area contributed by atoms with Crippen LogP contribution in [-0.2, 0) is 48.2 Å². The predicted octanol–water partition coefficient (Wildman–Crippen LogP) is 2.18. The number of aromatic nitrogens is 2. The normalized spacial score (nSPS) is 19.4. The van der Waals surface area contributed by atoms with E-state index in [-0.39, 0.29) is 24.1 Å². The first-order valence-corrected chi connectivity index (χ1v) is 14.8. The number of anilines is 1. The van der Waals surface area contributed by atoms with Gasteiger partial charge in [0.2, 0.25) is 0 Å². The first kappa shape index (κ1) is 26.7. The van der Waals surface area contributed by atoms with Crippen molar-refractivity contribution in [2.75, 3.05) is 30.5 Å². The number of hydrogen-bond donors (Lipinski definition) is 1. The number of benzene rings is 2. The number of rotatable bonds is 7. The third-order valence-electron chi connectivity index (χ3n) is 8.23. The quantitative estimate of drug-likeness (QED) is 0.467. The third-order valence-corrected chi connectivity index (χ3v) is 9.61. The fraction of sp³-hybridized carbons (Fsp3) is 0.429. The zero-order valence-electron chi connectivity index (χ0n) is 22.9. The van der Waals surface area contributed by atoms with Crippen LogP contribution in [0, 0.1) is 19.7 Å². The molecule has 3 aromatic rings. The zero-order valence-corrected chi connectivity index (χ0v) is 23.7. The van der Waals surface area contributed by atoms with Crippen LogP contribution in [0.5, 0.6) is 5.75 Å². The minimum Gasteiger partial charge on any atom is -0.487 e. The Kier molecular flexibility index (Phi) is 6.79. The standard InChI is InChI=1S/C28H33FN6O4S/c1-18-23(19(2)32(3)30-18)14-33-12-22(13-33)34-10-9-21-11-25(39-17-20-7-5-4-6-8-20)28(27(29)24(21)15-34)35-16-26(36)31-40(35,37)38/h4-8,11,22H,9-10,12-17H2,1-3H3,(H,31,36). The van der Waals surface area contributed by atoms with E-state index in [0.717, 1.165) is 53.0 Å². The average Bonchev–Trinajstić information content (AvgIpc) is 3.31. The summed E-state index contributed by atoms with van der Waals surface area (Å²) in [5, 5.41) is 4.51. The van der Waals surface area contributed by atoms with Gasteiger partial charge in [-0.3, -0.25) is 19.3 Å². The molecule has 40 heavy (non-hydrogen) atoms. The zero-order chi connectivity index (χ0) is 28.2. The van der Waals surface area contributed by atoms with E-state index in [1.54, 1.807) is 6.07 Å². The van der Waals surface area contributed by atoms with Crippen LogP contribution in [0.1, 0.15) is 33.6 Å². The van der Waals surface area contributed by atoms with Crippen LogP contribution in [0.3, 0.4) is 0 Å². The second kappa shape index (κ2) is 10.2. The minimum absolute atomic E-state index is 0.116. The molecule has 212 valence electrons. The number of halogens is 1. The number of ether oxygens (including phenoxy) is 1. The highest BCUT2D eigenvalue weighted by atomic mass is 32.2. The number of carbonyl (C=O) groups is 1. The van der Waals surface area contributed by atoms with Gasteiger partial charge >= 0.3 is 10.2 Å². The Morgan fingerprint density at radius 3 is 2.55 bits per heavy atom. The molecule has 10 nitrogen and oxygen atoms in total. The molecule has 0 radical (unpaired) electrons. The molecule has 2 saturated heterocycles. The molecule has 1 N–H and O–H groups in total. The van der Waals surface area contributed by atoms with Gasteiger partial charge < -0.3 is 4.74 Å². The topological polar surface area (TPSA) is 100 Å². The molecule has 0 atom stereocenters. The third kappa shape index (κ3) is 4.84. The van der Waals surface area contributed by atoms with Gasteiger partial charge in [0.25, 0.3) is 5.91 Å². The van der Waals surface area contributed by atoms with Gasteiger partial charge in [-0.2, -0.15) is 13.5 Å². The lowest BCUT2D eigenvalue weighted by atomic mass is 9.94. The summed E-state index contributed by atoms with van der Waals surface area (Å²) in [5.41, 5.74) is 5.36. The van der Waals surface area contributed by atoms with Crippen LogP contribution in [0.2, 0.25) is 0 Å². The largest absolute Gasteiger partial charge is 0.487 e. The van der Waals surface area contributed by atoms with Crippen molar-refractivity contribution < 1.29 is 22.3 Å². The van der Waals surface area contributed by atoms with Crippen molar-refractivity contribution in [1.82, 2.24) is 24.3 Å². The first-order chi connectivity index (χ1) is 19.1. The molecule has 0 saturated carbocycles. The smallest absolute Gasteiger partial charge is 0.326 e. The Bertz CT molecular complexity index is 1570. The number of carbonyl (C=O) groups excluding carboxylic acids is 1. The molecule has 2 aromatic carbocycles. The molecule has 3 aliphatic heterocycles. The molecular formula is C28H33FN6O4S. The van der Waals surface area contributed by atoms with Gasteiger partial charge in [-0.05, 0) is 37.5 Å². The van der Waals surface area contributed by atoms with Crippen LogP contribution in [0.25, 0.3) is 0 Å². The molecule has 2 fully saturated rings. The van der Waals surface area contributed by atoms with Crippen molar-refractivity contribution in [3.63, 3.8) is 0 Å². The lowest BCUT2D eigenvalue weighted by Crippen LogP contribution is -2.59. The first-order valence-electron chi connectivity index (χ1n) is 13.4. The van der Waals surface area contributed by atoms with Crippen molar-refractivity contribution in [3.05, 3.63) is 75.9 Å². The van der Waals surface area contributed by atoms with Crippen LogP contribution < -0.4 is 13.8 Å². The Morgan fingerprint density at radius 2 is 1.90 bits per heavy atom. The highest BCUT2D eigenvalue weighted by Crippen LogP contribution is 2.41. The van der Waals surface area contributed by atoms with E-state index in [1.807, 2.05) is 53.7 Å². The van der Waals surface area contributed by atoms with E-state index in [2.05, 4.69) is 21.8 Å². The number of aryl methyl sites for hydroxylation is 2. The average molecular weight is 569 g/mol. The Morgan fingerprint density at radius 1 is 1.15 bits per heavy atom. The van der Waals surface area contributed by atoms with Crippen LogP contribution in [0.15, 0.2) is 36.4 Å². The molecule has 6 rings (SSSR count). The van der Waals surface area contributed by atoms with Gasteiger partial charge in [-0.1, -0.05) is 30.3 Å². The number of nitrogens with one attached hydrogen (secondary N) is 1. The summed E-state index contributed by atoms with van der Waals surface area (Å²) in [6.07, 6.45) is 0.621. The van der Waals surface area contributed by atoms with E-state index in [4.69, 9.17) is 4.74 Å². The molecule has 4 heterocycles. The maximum absolute atomic E-state index is 16.3. The van der Waals surface area contributed by atoms with E-state index in [9.17, 15) is 13.2 Å². The van der Waals surface area contributed by atoms with Crippen LogP contribution in [0.4, 0.5) is 10.1 Å². The molecule has 3 aliphatic rings. The lowest BCUT2D eigenvalue weighted by molar-refractivity contribution is -0.117. The summed E-state index contributed by atoms with van der Waals surface area (Å²) in [5.74, 6) is -1.24. The molecule has 0 aliphatic carbocycles. The van der Waals surface area contributed by atoms with Gasteiger partial charge in [0.05, 0.1) is 5.69 Å². The number of fused-ring (bicyclic) bond motifs is 1. The number of amides is 1. The van der Waals surface area contributed by atoms with Gasteiger partial charge in [-0.25, -0.2) is 13.4 Å². The highest BCUT2D eigenvalue weighted by molar-refractivity contribution is 7.92. The van der Waals surface area contributed by atoms with Crippen LogP contribution in [-0.4, -0.2) is 66.1 Å². The summed E-state index contributed by atoms with van der Waals surface area (Å²) in [6.45, 7) is 7.47. The summed E-state index contributed by atoms with van der Waals surface area (Å²) >= 11 is 0. The van der Waals surface area contributed by atoms with Gasteiger partial charge in [0, 0.05) is 62.6 Å². The Balaban J connectivity index is 1.23. The molecular weight excluding hydrogens is 535 g/mol. The van der Waals surface area contributed by atoms with Crippen molar-refractivity contribution in [2.24, 2.45) is 7.05 Å². The SMILES string of the molecule is Cc1nn(C)c(C)c1CN1CC(N2CCc3cc(OCc4ccccc4)c(N4CC(=O)NS4(=O)=O)c(F)c3C2)C1. The number of nitrogens with zero attached hydrogens (tertiary/aromatic N) is 5. The second-order valence-corrected chi connectivity index (χ2v) is 12.4. The van der Waals surface area contributed by atoms with Gasteiger partial charge in [0.15, 0.2) is 5.82 Å². The van der Waals surface area contributed by atoms with Crippen molar-refractivity contribution in [1.29, 1.82) is 0 Å². The molecule has 0 unspecified atom stereocenters. The number of likely N-dealkylation sites (tertiary alicyclic amines) is 1. The molecule has 1 aromatic heterocycles. The maximum Gasteiger partial charge on any atom is 0.326 e. The fourth-order valence-electron chi connectivity index (χ4n) is 5.85. The minimum atomic E-state index is -4.22. The van der Waals surface area contributed by atoms with Crippen molar-refractivity contribution in [2.45, 2.75) is 46.0 Å². The van der Waals surface area contributed by atoms with Gasteiger partial charge in [0.1, 0.15) is 24.6 Å². The van der Waals surface area contributed by atoms with Crippen molar-refractivity contribution >= 4 is 21.8 Å². The van der Waals surface area contributed by atoms with E-state index in [0.29, 0.717) is 18.5 Å². The summed E-state index contributed by atoms with van der Waals surface area (Å²) in [6, 6.07) is 11.4. The summed E-state index contributed by atoms with van der Waals surface area (Å²) in [7, 11) is -2.27. The molecule has 0 spiro atoms. The lowest BCUT2D eigenvalue weighted by Gasteiger charge is -2.47. The van der Waals surface area contributed by atoms with E-state index in [1.165, 1.54) is 5.56 Å².